The zero-order chi connectivity index (χ0) is 25.9. The Balaban J connectivity index is 2.21. The Morgan fingerprint density at radius 2 is 1.91 bits per heavy atom. The molecule has 0 aliphatic rings. The van der Waals surface area contributed by atoms with Crippen LogP contribution in [0, 0.1) is 5.82 Å². The summed E-state index contributed by atoms with van der Waals surface area (Å²) in [6.45, 7) is 0.286. The predicted octanol–water partition coefficient (Wildman–Crippen LogP) is 2.86. The van der Waals surface area contributed by atoms with Gasteiger partial charge in [-0.2, -0.15) is 0 Å². The highest BCUT2D eigenvalue weighted by molar-refractivity contribution is 7.80. The molecular weight excluding hydrogens is 481 g/mol. The Bertz CT molecular complexity index is 1340. The first-order chi connectivity index (χ1) is 16.5. The van der Waals surface area contributed by atoms with Gasteiger partial charge in [-0.05, 0) is 31.3 Å². The van der Waals surface area contributed by atoms with Crippen LogP contribution >= 0.6 is 0 Å². The second kappa shape index (κ2) is 10.8. The summed E-state index contributed by atoms with van der Waals surface area (Å²) in [5.74, 6) is -0.386. The number of hydrogen-bond donors (Lipinski definition) is 1. The van der Waals surface area contributed by atoms with Gasteiger partial charge in [0.05, 0.1) is 18.2 Å². The number of nitrogens with zero attached hydrogens (tertiary/aromatic N) is 2. The molecule has 1 amide bonds. The fourth-order valence-electron chi connectivity index (χ4n) is 3.54. The Kier molecular flexibility index (Phi) is 8.10. The molecule has 10 nitrogen and oxygen atoms in total. The molecule has 0 radical (unpaired) electrons. The third kappa shape index (κ3) is 5.96. The normalized spacial score (nSPS) is 12.0. The van der Waals surface area contributed by atoms with Gasteiger partial charge in [0.2, 0.25) is 0 Å². The van der Waals surface area contributed by atoms with E-state index in [0.717, 1.165) is 0 Å². The SMILES string of the molecule is COc1cc(OC(=O)N(C)C)cc2oc(=O)c(Cc3cccc(NS(=O)[O-])c3F)c(CN(C)C)c12. The number of nitrogens with one attached hydrogen (secondary N) is 1. The number of ether oxygens (including phenoxy) is 2. The van der Waals surface area contributed by atoms with Crippen molar-refractivity contribution in [2.75, 3.05) is 40.0 Å². The monoisotopic (exact) mass is 506 g/mol. The number of fused-ring (bicyclic) bond motifs is 1. The van der Waals surface area contributed by atoms with Crippen LogP contribution in [0.3, 0.4) is 0 Å². The highest BCUT2D eigenvalue weighted by Gasteiger charge is 2.22. The smallest absolute Gasteiger partial charge is 0.414 e. The Labute approximate surface area is 203 Å². The molecule has 1 N–H and O–H groups in total. The summed E-state index contributed by atoms with van der Waals surface area (Å²) in [6.07, 6.45) is -0.781. The van der Waals surface area contributed by atoms with Crippen LogP contribution in [0.4, 0.5) is 14.9 Å². The van der Waals surface area contributed by atoms with E-state index in [0.29, 0.717) is 16.7 Å². The molecule has 0 saturated heterocycles. The van der Waals surface area contributed by atoms with Gasteiger partial charge in [0.1, 0.15) is 17.1 Å². The molecule has 0 fully saturated rings. The van der Waals surface area contributed by atoms with Crippen LogP contribution in [0.25, 0.3) is 11.0 Å². The first-order valence-corrected chi connectivity index (χ1v) is 11.4. The Morgan fingerprint density at radius 1 is 1.20 bits per heavy atom. The molecule has 0 saturated carbocycles. The minimum atomic E-state index is -2.71. The Hall–Kier alpha value is -3.48. The molecule has 1 unspecified atom stereocenters. The lowest BCUT2D eigenvalue weighted by Crippen LogP contribution is -2.25. The fraction of sp³-hybridized carbons (Fsp3) is 0.304. The second-order valence-electron chi connectivity index (χ2n) is 8.14. The average Bonchev–Trinajstić information content (AvgIpc) is 2.77. The van der Waals surface area contributed by atoms with E-state index in [-0.39, 0.29) is 41.1 Å². The number of carbonyl (C=O) groups is 1. The zero-order valence-corrected chi connectivity index (χ0v) is 20.7. The summed E-state index contributed by atoms with van der Waals surface area (Å²) in [7, 11) is 8.09. The van der Waals surface area contributed by atoms with Crippen molar-refractivity contribution in [1.29, 1.82) is 0 Å². The number of benzene rings is 2. The van der Waals surface area contributed by atoms with E-state index in [2.05, 4.69) is 0 Å². The van der Waals surface area contributed by atoms with E-state index in [1.165, 1.54) is 56.4 Å². The molecule has 1 aromatic heterocycles. The van der Waals surface area contributed by atoms with Gasteiger partial charge in [-0.1, -0.05) is 12.1 Å². The number of methoxy groups -OCH3 is 1. The van der Waals surface area contributed by atoms with Gasteiger partial charge in [0, 0.05) is 56.0 Å². The average molecular weight is 507 g/mol. The summed E-state index contributed by atoms with van der Waals surface area (Å²) in [6, 6.07) is 7.13. The molecule has 3 aromatic rings. The lowest BCUT2D eigenvalue weighted by Gasteiger charge is -2.19. The van der Waals surface area contributed by atoms with Crippen LogP contribution in [-0.4, -0.2) is 60.0 Å². The number of carbonyl (C=O) groups excluding carboxylic acids is 1. The molecule has 0 aliphatic carbocycles. The van der Waals surface area contributed by atoms with Crippen LogP contribution in [0.1, 0.15) is 16.7 Å². The summed E-state index contributed by atoms with van der Waals surface area (Å²) in [5, 5.41) is 0.468. The molecule has 0 spiro atoms. The molecular formula is C23H25FN3O7S-. The van der Waals surface area contributed by atoms with Gasteiger partial charge in [-0.25, -0.2) is 14.0 Å². The van der Waals surface area contributed by atoms with Crippen LogP contribution < -0.4 is 19.8 Å². The van der Waals surface area contributed by atoms with Crippen molar-refractivity contribution in [3.63, 3.8) is 0 Å². The number of halogens is 1. The highest BCUT2D eigenvalue weighted by atomic mass is 32.2. The van der Waals surface area contributed by atoms with Gasteiger partial charge in [-0.3, -0.25) is 4.21 Å². The zero-order valence-electron chi connectivity index (χ0n) is 19.8. The van der Waals surface area contributed by atoms with Gasteiger partial charge >= 0.3 is 11.7 Å². The summed E-state index contributed by atoms with van der Waals surface area (Å²) >= 11 is -2.71. The Morgan fingerprint density at radius 3 is 2.51 bits per heavy atom. The first-order valence-electron chi connectivity index (χ1n) is 10.4. The third-order valence-electron chi connectivity index (χ3n) is 5.06. The molecule has 12 heteroatoms. The maximum Gasteiger partial charge on any atom is 0.414 e. The van der Waals surface area contributed by atoms with Gasteiger partial charge in [0.25, 0.3) is 0 Å². The van der Waals surface area contributed by atoms with Crippen LogP contribution in [0.15, 0.2) is 39.5 Å². The van der Waals surface area contributed by atoms with Crippen molar-refractivity contribution >= 4 is 34.0 Å². The van der Waals surface area contributed by atoms with Gasteiger partial charge in [-0.15, -0.1) is 0 Å². The number of hydrogen-bond acceptors (Lipinski definition) is 8. The topological polar surface area (TPSA) is 124 Å². The van der Waals surface area contributed by atoms with E-state index in [1.807, 2.05) is 9.62 Å². The number of rotatable bonds is 8. The lowest BCUT2D eigenvalue weighted by molar-refractivity contribution is 0.172. The van der Waals surface area contributed by atoms with Crippen molar-refractivity contribution in [2.24, 2.45) is 0 Å². The maximum atomic E-state index is 15.0. The molecule has 1 heterocycles. The molecule has 2 aromatic carbocycles. The fourth-order valence-corrected chi connectivity index (χ4v) is 3.87. The van der Waals surface area contributed by atoms with Gasteiger partial charge < -0.3 is 33.0 Å². The lowest BCUT2D eigenvalue weighted by atomic mass is 9.97. The minimum absolute atomic E-state index is 0.0996. The standard InChI is InChI=1S/C23H26FN3O7S/c1-26(2)12-16-15(9-13-7-6-8-17(21(13)24)25-35(30)31)22(28)34-19-11-14(33-23(29)27(3)4)10-18(32-5)20(16)19/h6-8,10-11,25H,9,12H2,1-5H3,(H,30,31)/p-1. The first kappa shape index (κ1) is 26.1. The van der Waals surface area contributed by atoms with E-state index in [4.69, 9.17) is 13.9 Å². The molecule has 1 atom stereocenters. The second-order valence-corrected chi connectivity index (χ2v) is 8.81. The van der Waals surface area contributed by atoms with E-state index in [9.17, 15) is 22.7 Å². The summed E-state index contributed by atoms with van der Waals surface area (Å²) in [5.41, 5.74) is 0.00471. The summed E-state index contributed by atoms with van der Waals surface area (Å²) < 4.78 is 55.3. The van der Waals surface area contributed by atoms with Crippen molar-refractivity contribution in [3.05, 3.63) is 63.3 Å². The number of anilines is 1. The maximum absolute atomic E-state index is 15.0. The van der Waals surface area contributed by atoms with Crippen LogP contribution in [0.2, 0.25) is 0 Å². The quantitative estimate of drug-likeness (QED) is 0.365. The van der Waals surface area contributed by atoms with Gasteiger partial charge in [0.15, 0.2) is 5.82 Å². The van der Waals surface area contributed by atoms with Crippen molar-refractivity contribution in [3.8, 4) is 11.5 Å². The molecule has 0 bridgehead atoms. The molecule has 35 heavy (non-hydrogen) atoms. The van der Waals surface area contributed by atoms with Crippen LogP contribution in [-0.2, 0) is 24.2 Å². The van der Waals surface area contributed by atoms with E-state index < -0.39 is 28.8 Å². The molecule has 188 valence electrons. The highest BCUT2D eigenvalue weighted by Crippen LogP contribution is 2.35. The largest absolute Gasteiger partial charge is 0.755 e. The number of amides is 1. The van der Waals surface area contributed by atoms with E-state index in [1.54, 1.807) is 14.1 Å². The third-order valence-corrected chi connectivity index (χ3v) is 5.44. The van der Waals surface area contributed by atoms with Crippen LogP contribution in [0.5, 0.6) is 11.5 Å². The summed E-state index contributed by atoms with van der Waals surface area (Å²) in [4.78, 5) is 28.1. The van der Waals surface area contributed by atoms with Crippen molar-refractivity contribution in [1.82, 2.24) is 9.80 Å². The van der Waals surface area contributed by atoms with E-state index >= 15 is 0 Å². The van der Waals surface area contributed by atoms with Crippen molar-refractivity contribution < 1.29 is 31.8 Å². The molecule has 3 rings (SSSR count). The minimum Gasteiger partial charge on any atom is -0.755 e. The molecule has 0 aliphatic heterocycles. The predicted molar refractivity (Wildman–Crippen MR) is 128 cm³/mol. The van der Waals surface area contributed by atoms with Crippen molar-refractivity contribution in [2.45, 2.75) is 13.0 Å².